The van der Waals surface area contributed by atoms with Gasteiger partial charge in [0, 0.05) is 64.6 Å². The number of benzene rings is 1. The van der Waals surface area contributed by atoms with E-state index in [1.165, 1.54) is 10.4 Å². The van der Waals surface area contributed by atoms with Crippen molar-refractivity contribution in [3.63, 3.8) is 0 Å². The highest BCUT2D eigenvalue weighted by Gasteiger charge is 2.28. The van der Waals surface area contributed by atoms with Gasteiger partial charge in [-0.15, -0.1) is 0 Å². The molecule has 0 bridgehead atoms. The van der Waals surface area contributed by atoms with Gasteiger partial charge in [0.15, 0.2) is 0 Å². The maximum Gasteiger partial charge on any atom is 0.245 e. The summed E-state index contributed by atoms with van der Waals surface area (Å²) in [5.74, 6) is 0. The van der Waals surface area contributed by atoms with Crippen LogP contribution in [0, 0.1) is 0 Å². The minimum absolute atomic E-state index is 0.170. The van der Waals surface area contributed by atoms with E-state index in [9.17, 15) is 8.42 Å². The quantitative estimate of drug-likeness (QED) is 0.546. The Kier molecular flexibility index (Phi) is 9.61. The predicted octanol–water partition coefficient (Wildman–Crippen LogP) is 1.28. The van der Waals surface area contributed by atoms with E-state index >= 15 is 0 Å². The van der Waals surface area contributed by atoms with Crippen molar-refractivity contribution in [3.8, 4) is 0 Å². The highest BCUT2D eigenvalue weighted by Crippen LogP contribution is 2.28. The molecule has 1 N–H and O–H groups in total. The summed E-state index contributed by atoms with van der Waals surface area (Å²) in [5, 5.41) is 3.72. The number of likely N-dealkylation sites (N-methyl/N-ethyl adjacent to an activating group) is 2. The molecule has 29 heavy (non-hydrogen) atoms. The maximum atomic E-state index is 13.4. The molecule has 1 heterocycles. The first kappa shape index (κ1) is 24.3. The molecule has 0 amide bonds. The lowest BCUT2D eigenvalue weighted by molar-refractivity contribution is 0.122. The van der Waals surface area contributed by atoms with Crippen LogP contribution in [-0.2, 0) is 19.5 Å². The highest BCUT2D eigenvalue weighted by molar-refractivity contribution is 7.89. The zero-order valence-corrected chi connectivity index (χ0v) is 19.3. The number of halogens is 1. The predicted molar refractivity (Wildman–Crippen MR) is 116 cm³/mol. The molecular formula is C19H33ClN4O4S. The molecule has 1 atom stereocenters. The molecule has 0 radical (unpaired) electrons. The second-order valence-corrected chi connectivity index (χ2v) is 9.65. The number of nitrogens with one attached hydrogen (secondary N) is 1. The fourth-order valence-electron chi connectivity index (χ4n) is 3.28. The van der Waals surface area contributed by atoms with Crippen molar-refractivity contribution in [2.45, 2.75) is 10.9 Å². The first-order valence-corrected chi connectivity index (χ1v) is 11.5. The fraction of sp³-hybridized carbons (Fsp3) is 0.684. The summed E-state index contributed by atoms with van der Waals surface area (Å²) in [6, 6.07) is 5.22. The average Bonchev–Trinajstić information content (AvgIpc) is 2.69. The van der Waals surface area contributed by atoms with Gasteiger partial charge in [-0.3, -0.25) is 4.90 Å². The summed E-state index contributed by atoms with van der Waals surface area (Å²) in [6.45, 7) is 4.65. The number of anilines is 1. The molecule has 1 aliphatic rings. The summed E-state index contributed by atoms with van der Waals surface area (Å²) in [6.07, 6.45) is 0. The van der Waals surface area contributed by atoms with E-state index in [0.29, 0.717) is 30.5 Å². The van der Waals surface area contributed by atoms with Crippen LogP contribution in [0.5, 0.6) is 0 Å². The molecule has 2 rings (SSSR count). The van der Waals surface area contributed by atoms with Gasteiger partial charge >= 0.3 is 0 Å². The van der Waals surface area contributed by atoms with Gasteiger partial charge in [0.1, 0.15) is 4.90 Å². The summed E-state index contributed by atoms with van der Waals surface area (Å²) >= 11 is 6.15. The van der Waals surface area contributed by atoms with Crippen LogP contribution in [0.25, 0.3) is 0 Å². The summed E-state index contributed by atoms with van der Waals surface area (Å²) < 4.78 is 38.3. The Balaban J connectivity index is 2.25. The van der Waals surface area contributed by atoms with Crippen molar-refractivity contribution in [2.24, 2.45) is 0 Å². The van der Waals surface area contributed by atoms with E-state index in [4.69, 9.17) is 21.1 Å². The lowest BCUT2D eigenvalue weighted by Gasteiger charge is -2.38. The Labute approximate surface area is 179 Å². The van der Waals surface area contributed by atoms with Gasteiger partial charge in [0.05, 0.1) is 18.9 Å². The topological polar surface area (TPSA) is 74.3 Å². The van der Waals surface area contributed by atoms with Gasteiger partial charge in [0.2, 0.25) is 10.0 Å². The number of rotatable bonds is 11. The van der Waals surface area contributed by atoms with E-state index in [2.05, 4.69) is 29.2 Å². The van der Waals surface area contributed by atoms with Crippen LogP contribution in [0.15, 0.2) is 23.1 Å². The molecule has 166 valence electrons. The second kappa shape index (κ2) is 11.5. The molecule has 1 aromatic rings. The van der Waals surface area contributed by atoms with Gasteiger partial charge in [0.25, 0.3) is 0 Å². The molecular weight excluding hydrogens is 416 g/mol. The molecule has 1 fully saturated rings. The molecule has 1 unspecified atom stereocenters. The van der Waals surface area contributed by atoms with Crippen molar-refractivity contribution >= 4 is 27.3 Å². The van der Waals surface area contributed by atoms with Crippen LogP contribution in [-0.4, -0.2) is 109 Å². The molecule has 8 nitrogen and oxygen atoms in total. The average molecular weight is 449 g/mol. The summed E-state index contributed by atoms with van der Waals surface area (Å²) in [7, 11) is 3.51. The summed E-state index contributed by atoms with van der Waals surface area (Å²) in [4.78, 5) is 4.74. The molecule has 1 saturated heterocycles. The molecule has 1 aliphatic heterocycles. The van der Waals surface area contributed by atoms with Gasteiger partial charge in [-0.05, 0) is 32.3 Å². The van der Waals surface area contributed by atoms with Gasteiger partial charge in [-0.2, -0.15) is 4.31 Å². The Morgan fingerprint density at radius 2 is 1.83 bits per heavy atom. The Morgan fingerprint density at radius 3 is 2.45 bits per heavy atom. The van der Waals surface area contributed by atoms with Crippen molar-refractivity contribution < 1.29 is 17.9 Å². The van der Waals surface area contributed by atoms with Crippen molar-refractivity contribution in [2.75, 3.05) is 86.1 Å². The number of ether oxygens (including phenoxy) is 2. The third-order valence-corrected chi connectivity index (χ3v) is 7.33. The molecule has 0 aromatic heterocycles. The zero-order valence-electron chi connectivity index (χ0n) is 17.7. The van der Waals surface area contributed by atoms with E-state index in [-0.39, 0.29) is 24.0 Å². The van der Waals surface area contributed by atoms with Crippen LogP contribution in [0.1, 0.15) is 0 Å². The smallest absolute Gasteiger partial charge is 0.245 e. The molecule has 10 heteroatoms. The molecule has 1 aromatic carbocycles. The number of methoxy groups -OCH3 is 2. The number of nitrogens with zero attached hydrogens (tertiary/aromatic N) is 3. The fourth-order valence-corrected chi connectivity index (χ4v) is 5.12. The SMILES string of the molecule is COCCN(CCOC)S(=O)(=O)c1cc(Cl)ccc1NCC1CN(C)CCN1C. The minimum Gasteiger partial charge on any atom is -0.383 e. The zero-order chi connectivity index (χ0) is 21.4. The third-order valence-electron chi connectivity index (χ3n) is 5.16. The first-order chi connectivity index (χ1) is 13.8. The highest BCUT2D eigenvalue weighted by atomic mass is 35.5. The monoisotopic (exact) mass is 448 g/mol. The van der Waals surface area contributed by atoms with Crippen molar-refractivity contribution in [1.29, 1.82) is 0 Å². The number of sulfonamides is 1. The maximum absolute atomic E-state index is 13.4. The Morgan fingerprint density at radius 1 is 1.17 bits per heavy atom. The molecule has 0 aliphatic carbocycles. The van der Waals surface area contributed by atoms with Crippen LogP contribution >= 0.6 is 11.6 Å². The first-order valence-electron chi connectivity index (χ1n) is 9.69. The van der Waals surface area contributed by atoms with E-state index < -0.39 is 10.0 Å². The lowest BCUT2D eigenvalue weighted by Crippen LogP contribution is -2.52. The van der Waals surface area contributed by atoms with Crippen LogP contribution in [0.2, 0.25) is 5.02 Å². The third kappa shape index (κ3) is 6.78. The van der Waals surface area contributed by atoms with Gasteiger partial charge in [-0.1, -0.05) is 11.6 Å². The van der Waals surface area contributed by atoms with Crippen molar-refractivity contribution in [3.05, 3.63) is 23.2 Å². The molecule has 0 saturated carbocycles. The van der Waals surface area contributed by atoms with E-state index in [1.54, 1.807) is 26.4 Å². The normalized spacial score (nSPS) is 19.0. The second-order valence-electron chi connectivity index (χ2n) is 7.31. The summed E-state index contributed by atoms with van der Waals surface area (Å²) in [5.41, 5.74) is 0.552. The Hall–Kier alpha value is -0.940. The van der Waals surface area contributed by atoms with E-state index in [0.717, 1.165) is 19.6 Å². The Bertz CT molecular complexity index is 742. The molecule has 0 spiro atoms. The van der Waals surface area contributed by atoms with Crippen molar-refractivity contribution in [1.82, 2.24) is 14.1 Å². The number of hydrogen-bond acceptors (Lipinski definition) is 7. The number of piperazine rings is 1. The largest absolute Gasteiger partial charge is 0.383 e. The lowest BCUT2D eigenvalue weighted by atomic mass is 10.2. The number of hydrogen-bond donors (Lipinski definition) is 1. The van der Waals surface area contributed by atoms with Crippen LogP contribution in [0.3, 0.4) is 0 Å². The van der Waals surface area contributed by atoms with Crippen LogP contribution in [0.4, 0.5) is 5.69 Å². The van der Waals surface area contributed by atoms with Gasteiger partial charge in [-0.25, -0.2) is 8.42 Å². The standard InChI is InChI=1S/C19H33ClN4O4S/c1-22-7-8-23(2)17(15-22)14-21-18-6-5-16(20)13-19(18)29(25,26)24(9-11-27-3)10-12-28-4/h5-6,13,17,21H,7-12,14-15H2,1-4H3. The minimum atomic E-state index is -3.77. The van der Waals surface area contributed by atoms with E-state index in [1.807, 2.05) is 0 Å². The van der Waals surface area contributed by atoms with Crippen LogP contribution < -0.4 is 5.32 Å². The van der Waals surface area contributed by atoms with Gasteiger partial charge < -0.3 is 19.7 Å².